The maximum atomic E-state index is 13.0. The summed E-state index contributed by atoms with van der Waals surface area (Å²) in [5, 5.41) is 0.583. The van der Waals surface area contributed by atoms with Crippen LogP contribution in [0.25, 0.3) is 6.08 Å². The van der Waals surface area contributed by atoms with Crippen LogP contribution in [-0.2, 0) is 29.3 Å². The second-order valence-corrected chi connectivity index (χ2v) is 9.50. The molecular weight excluding hydrogens is 540 g/mol. The first kappa shape index (κ1) is 22.4. The molecule has 178 valence electrons. The number of fused-ring (bicyclic) bond motifs is 3. The van der Waals surface area contributed by atoms with Crippen molar-refractivity contribution in [1.29, 1.82) is 0 Å². The van der Waals surface area contributed by atoms with Gasteiger partial charge in [-0.1, -0.05) is 27.5 Å². The molecule has 35 heavy (non-hydrogen) atoms. The molecule has 3 heterocycles. The van der Waals surface area contributed by atoms with Gasteiger partial charge in [-0.3, -0.25) is 4.79 Å². The summed E-state index contributed by atoms with van der Waals surface area (Å²) in [4.78, 5) is 13.0. The van der Waals surface area contributed by atoms with Crippen molar-refractivity contribution in [2.75, 3.05) is 13.6 Å². The molecule has 6 rings (SSSR count). The van der Waals surface area contributed by atoms with E-state index < -0.39 is 0 Å². The number of carbonyl (C=O) groups is 1. The maximum absolute atomic E-state index is 13.0. The number of hydrogen-bond donors (Lipinski definition) is 0. The number of halogens is 2. The van der Waals surface area contributed by atoms with E-state index in [2.05, 4.69) is 15.9 Å². The van der Waals surface area contributed by atoms with Crippen LogP contribution in [0.4, 0.5) is 0 Å². The van der Waals surface area contributed by atoms with E-state index in [1.54, 1.807) is 24.3 Å². The molecule has 0 aromatic heterocycles. The van der Waals surface area contributed by atoms with E-state index in [1.807, 2.05) is 24.3 Å². The Kier molecular flexibility index (Phi) is 5.89. The van der Waals surface area contributed by atoms with Gasteiger partial charge in [-0.25, -0.2) is 0 Å². The first-order chi connectivity index (χ1) is 17.0. The van der Waals surface area contributed by atoms with Crippen molar-refractivity contribution in [3.63, 3.8) is 0 Å². The van der Waals surface area contributed by atoms with Crippen molar-refractivity contribution in [3.8, 4) is 23.0 Å². The van der Waals surface area contributed by atoms with Gasteiger partial charge in [-0.15, -0.1) is 0 Å². The zero-order valence-corrected chi connectivity index (χ0v) is 20.6. The average Bonchev–Trinajstić information content (AvgIpc) is 3.16. The zero-order valence-electron chi connectivity index (χ0n) is 18.3. The fourth-order valence-corrected chi connectivity index (χ4v) is 5.03. The third kappa shape index (κ3) is 4.38. The molecule has 3 aliphatic heterocycles. The van der Waals surface area contributed by atoms with Crippen LogP contribution in [0.1, 0.15) is 32.6 Å². The van der Waals surface area contributed by atoms with Crippen molar-refractivity contribution < 1.29 is 33.2 Å². The molecule has 9 heteroatoms. The third-order valence-corrected chi connectivity index (χ3v) is 6.45. The summed E-state index contributed by atoms with van der Waals surface area (Å²) in [6.07, 6.45) is 1.69. The monoisotopic (exact) mass is 556 g/mol. The normalized spacial score (nSPS) is 17.1. The lowest BCUT2D eigenvalue weighted by molar-refractivity contribution is -0.0175. The average molecular weight is 558 g/mol. The highest BCUT2D eigenvalue weighted by molar-refractivity contribution is 9.10. The lowest BCUT2D eigenvalue weighted by Gasteiger charge is -2.21. The molecule has 0 atom stereocenters. The fraction of sp³-hybridized carbons (Fsp3) is 0.192. The first-order valence-corrected chi connectivity index (χ1v) is 12.0. The van der Waals surface area contributed by atoms with Gasteiger partial charge in [0, 0.05) is 37.8 Å². The molecule has 0 saturated carbocycles. The number of rotatable bonds is 4. The molecule has 0 saturated heterocycles. The van der Waals surface area contributed by atoms with E-state index >= 15 is 0 Å². The number of carbonyl (C=O) groups excluding carboxylic acids is 1. The second-order valence-electron chi connectivity index (χ2n) is 8.14. The summed E-state index contributed by atoms with van der Waals surface area (Å²) < 4.78 is 34.8. The smallest absolute Gasteiger partial charge is 0.231 e. The van der Waals surface area contributed by atoms with E-state index in [-0.39, 0.29) is 31.7 Å². The van der Waals surface area contributed by atoms with E-state index in [4.69, 9.17) is 40.0 Å². The van der Waals surface area contributed by atoms with Crippen LogP contribution in [0, 0.1) is 0 Å². The maximum Gasteiger partial charge on any atom is 0.231 e. The Morgan fingerprint density at radius 3 is 2.57 bits per heavy atom. The predicted molar refractivity (Wildman–Crippen MR) is 130 cm³/mol. The molecule has 3 aliphatic rings. The topological polar surface area (TPSA) is 72.5 Å². The van der Waals surface area contributed by atoms with Gasteiger partial charge < -0.3 is 28.4 Å². The van der Waals surface area contributed by atoms with E-state index in [9.17, 15) is 4.79 Å². The van der Waals surface area contributed by atoms with Crippen LogP contribution < -0.4 is 18.9 Å². The summed E-state index contributed by atoms with van der Waals surface area (Å²) in [5.74, 6) is 2.40. The minimum Gasteiger partial charge on any atom is -0.489 e. The van der Waals surface area contributed by atoms with Crippen LogP contribution in [0.5, 0.6) is 23.0 Å². The Morgan fingerprint density at radius 2 is 1.74 bits per heavy atom. The van der Waals surface area contributed by atoms with Gasteiger partial charge in [0.05, 0.1) is 18.8 Å². The van der Waals surface area contributed by atoms with Gasteiger partial charge in [-0.2, -0.15) is 0 Å². The molecule has 0 aliphatic carbocycles. The van der Waals surface area contributed by atoms with Crippen LogP contribution in [0.2, 0.25) is 5.02 Å². The fourth-order valence-electron chi connectivity index (χ4n) is 4.24. The first-order valence-electron chi connectivity index (χ1n) is 10.8. The predicted octanol–water partition coefficient (Wildman–Crippen LogP) is 6.03. The Balaban J connectivity index is 1.24. The summed E-state index contributed by atoms with van der Waals surface area (Å²) in [7, 11) is 0. The molecule has 0 N–H and O–H groups in total. The van der Waals surface area contributed by atoms with Crippen molar-refractivity contribution in [1.82, 2.24) is 0 Å². The van der Waals surface area contributed by atoms with Crippen LogP contribution >= 0.6 is 27.5 Å². The molecular formula is C26H18BrClO7. The highest BCUT2D eigenvalue weighted by atomic mass is 79.9. The lowest BCUT2D eigenvalue weighted by atomic mass is 10.1. The molecule has 3 aromatic rings. The Morgan fingerprint density at radius 1 is 0.971 bits per heavy atom. The molecule has 0 radical (unpaired) electrons. The van der Waals surface area contributed by atoms with Crippen LogP contribution in [-0.4, -0.2) is 19.4 Å². The third-order valence-electron chi connectivity index (χ3n) is 5.78. The lowest BCUT2D eigenvalue weighted by Crippen LogP contribution is -2.14. The second kappa shape index (κ2) is 9.20. The molecule has 7 nitrogen and oxygen atoms in total. The van der Waals surface area contributed by atoms with Gasteiger partial charge in [0.1, 0.15) is 29.6 Å². The van der Waals surface area contributed by atoms with E-state index in [0.717, 1.165) is 32.5 Å². The highest BCUT2D eigenvalue weighted by Crippen LogP contribution is 2.39. The standard InChI is InChI=1S/C26H18BrClO7/c27-18-3-14(25-15(4-18)9-30-12-33-25)7-23-24(29)21-2-1-20(8-22(21)35-23)32-11-17-6-19(28)5-16-10-31-13-34-26(16)17/h1-8H,9-13H2/b23-7-. The number of benzene rings is 3. The molecule has 0 fully saturated rings. The number of ether oxygens (including phenoxy) is 6. The van der Waals surface area contributed by atoms with Gasteiger partial charge in [-0.05, 0) is 42.5 Å². The Hall–Kier alpha value is -3.04. The Bertz CT molecular complexity index is 1380. The SMILES string of the molecule is O=C1/C(=C/c2cc(Br)cc3c2OCOC3)Oc2cc(OCc3cc(Cl)cc4c3OCOC4)ccc21. The number of hydrogen-bond acceptors (Lipinski definition) is 7. The summed E-state index contributed by atoms with van der Waals surface area (Å²) in [6, 6.07) is 12.6. The molecule has 0 bridgehead atoms. The summed E-state index contributed by atoms with van der Waals surface area (Å²) in [5.41, 5.74) is 3.80. The summed E-state index contributed by atoms with van der Waals surface area (Å²) >= 11 is 9.74. The van der Waals surface area contributed by atoms with Crippen LogP contribution in [0.3, 0.4) is 0 Å². The van der Waals surface area contributed by atoms with Crippen molar-refractivity contribution in [2.24, 2.45) is 0 Å². The Labute approximate surface area is 214 Å². The molecule has 3 aromatic carbocycles. The van der Waals surface area contributed by atoms with Gasteiger partial charge in [0.15, 0.2) is 19.3 Å². The van der Waals surface area contributed by atoms with Crippen LogP contribution in [0.15, 0.2) is 52.7 Å². The summed E-state index contributed by atoms with van der Waals surface area (Å²) in [6.45, 7) is 1.46. The van der Waals surface area contributed by atoms with Gasteiger partial charge in [0.25, 0.3) is 0 Å². The van der Waals surface area contributed by atoms with E-state index in [0.29, 0.717) is 41.0 Å². The molecule has 0 spiro atoms. The largest absolute Gasteiger partial charge is 0.489 e. The zero-order chi connectivity index (χ0) is 23.9. The number of ketones is 1. The van der Waals surface area contributed by atoms with Gasteiger partial charge >= 0.3 is 0 Å². The number of allylic oxidation sites excluding steroid dienone is 1. The molecule has 0 amide bonds. The van der Waals surface area contributed by atoms with Crippen molar-refractivity contribution >= 4 is 39.4 Å². The highest BCUT2D eigenvalue weighted by Gasteiger charge is 2.29. The van der Waals surface area contributed by atoms with Crippen molar-refractivity contribution in [2.45, 2.75) is 19.8 Å². The minimum atomic E-state index is -0.204. The van der Waals surface area contributed by atoms with E-state index in [1.165, 1.54) is 0 Å². The van der Waals surface area contributed by atoms with Gasteiger partial charge in [0.2, 0.25) is 5.78 Å². The number of Topliss-reactive ketones (excluding diaryl/α,β-unsaturated/α-hetero) is 1. The quantitative estimate of drug-likeness (QED) is 0.363. The van der Waals surface area contributed by atoms with Crippen molar-refractivity contribution in [3.05, 3.63) is 85.5 Å². The minimum absolute atomic E-state index is 0.161. The molecule has 0 unspecified atom stereocenters.